The van der Waals surface area contributed by atoms with Crippen molar-refractivity contribution in [3.05, 3.63) is 29.8 Å². The van der Waals surface area contributed by atoms with Gasteiger partial charge in [-0.3, -0.25) is 14.4 Å². The zero-order valence-electron chi connectivity index (χ0n) is 19.6. The second-order valence-corrected chi connectivity index (χ2v) is 6.64. The van der Waals surface area contributed by atoms with Crippen LogP contribution in [0.15, 0.2) is 24.3 Å². The summed E-state index contributed by atoms with van der Waals surface area (Å²) in [5.41, 5.74) is 0.264. The molecule has 1 aromatic rings. The maximum absolute atomic E-state index is 12.6. The molecule has 1 N–H and O–H groups in total. The van der Waals surface area contributed by atoms with Gasteiger partial charge < -0.3 is 29.0 Å². The van der Waals surface area contributed by atoms with Crippen molar-refractivity contribution in [1.29, 1.82) is 0 Å². The largest absolute Gasteiger partial charge is 0.486 e. The molecule has 0 unspecified atom stereocenters. The van der Waals surface area contributed by atoms with Gasteiger partial charge >= 0.3 is 11.9 Å². The number of carbonyl (C=O) groups excluding carboxylic acids is 4. The molecular formula is C23H33NO9. The van der Waals surface area contributed by atoms with Gasteiger partial charge in [-0.15, -0.1) is 0 Å². The molecule has 1 aromatic carbocycles. The fourth-order valence-corrected chi connectivity index (χ4v) is 2.69. The Labute approximate surface area is 193 Å². The van der Waals surface area contributed by atoms with Crippen molar-refractivity contribution in [3.63, 3.8) is 0 Å². The van der Waals surface area contributed by atoms with Crippen LogP contribution in [0.25, 0.3) is 0 Å². The molecule has 1 rings (SSSR count). The number of amides is 1. The van der Waals surface area contributed by atoms with E-state index in [9.17, 15) is 19.2 Å². The van der Waals surface area contributed by atoms with Crippen LogP contribution in [0.5, 0.6) is 5.75 Å². The van der Waals surface area contributed by atoms with E-state index in [1.807, 2.05) is 0 Å². The number of benzene rings is 1. The first-order valence-corrected chi connectivity index (χ1v) is 11.0. The summed E-state index contributed by atoms with van der Waals surface area (Å²) in [6.07, 6.45) is -0.976. The molecule has 0 heterocycles. The lowest BCUT2D eigenvalue weighted by Gasteiger charge is -2.17. The van der Waals surface area contributed by atoms with Gasteiger partial charge in [0.15, 0.2) is 6.61 Å². The van der Waals surface area contributed by atoms with Crippen LogP contribution in [0.2, 0.25) is 0 Å². The van der Waals surface area contributed by atoms with Crippen LogP contribution in [-0.4, -0.2) is 69.0 Å². The van der Waals surface area contributed by atoms with Crippen LogP contribution < -0.4 is 10.1 Å². The molecule has 1 atom stereocenters. The van der Waals surface area contributed by atoms with Crippen LogP contribution in [-0.2, 0) is 33.3 Å². The average molecular weight is 468 g/mol. The minimum absolute atomic E-state index is 0.0388. The summed E-state index contributed by atoms with van der Waals surface area (Å²) in [5.74, 6) is -1.61. The van der Waals surface area contributed by atoms with Gasteiger partial charge in [0.05, 0.1) is 13.2 Å². The molecule has 0 fully saturated rings. The second-order valence-electron chi connectivity index (χ2n) is 6.64. The van der Waals surface area contributed by atoms with Gasteiger partial charge in [-0.25, -0.2) is 4.79 Å². The third-order valence-corrected chi connectivity index (χ3v) is 4.22. The molecule has 0 aliphatic rings. The Morgan fingerprint density at radius 3 is 2.00 bits per heavy atom. The van der Waals surface area contributed by atoms with Gasteiger partial charge in [0.25, 0.3) is 5.91 Å². The number of ether oxygens (including phenoxy) is 5. The van der Waals surface area contributed by atoms with Crippen molar-refractivity contribution in [2.24, 2.45) is 0 Å². The highest BCUT2D eigenvalue weighted by Crippen LogP contribution is 2.14. The minimum Gasteiger partial charge on any atom is -0.486 e. The summed E-state index contributed by atoms with van der Waals surface area (Å²) in [6.45, 7) is 7.61. The molecule has 0 aliphatic heterocycles. The molecule has 0 spiro atoms. The van der Waals surface area contributed by atoms with E-state index in [4.69, 9.17) is 23.7 Å². The number of esters is 2. The van der Waals surface area contributed by atoms with Crippen molar-refractivity contribution in [2.45, 2.75) is 52.9 Å². The van der Waals surface area contributed by atoms with Crippen molar-refractivity contribution >= 4 is 23.6 Å². The molecule has 0 aromatic heterocycles. The summed E-state index contributed by atoms with van der Waals surface area (Å²) in [6, 6.07) is 5.04. The van der Waals surface area contributed by atoms with Crippen LogP contribution in [0, 0.1) is 0 Å². The Kier molecular flexibility index (Phi) is 13.4. The Hall–Kier alpha value is -2.98. The van der Waals surface area contributed by atoms with E-state index in [2.05, 4.69) is 5.32 Å². The Morgan fingerprint density at radius 1 is 0.848 bits per heavy atom. The van der Waals surface area contributed by atoms with Gasteiger partial charge in [0.1, 0.15) is 11.8 Å². The lowest BCUT2D eigenvalue weighted by molar-refractivity contribution is -0.169. The number of nitrogens with one attached hydrogen (secondary N) is 1. The SMILES string of the molecule is CCOC(=O)CC[C@@H](NC(=O)c1ccc(OCC(=O)C(OCC)OCC)cc1)C(=O)OCC. The topological polar surface area (TPSA) is 126 Å². The normalized spacial score (nSPS) is 11.5. The highest BCUT2D eigenvalue weighted by atomic mass is 16.7. The van der Waals surface area contributed by atoms with Crippen molar-refractivity contribution in [3.8, 4) is 5.75 Å². The summed E-state index contributed by atoms with van der Waals surface area (Å²) < 4.78 is 25.8. The molecule has 0 radical (unpaired) electrons. The number of rotatable bonds is 16. The monoisotopic (exact) mass is 467 g/mol. The Morgan fingerprint density at radius 2 is 1.45 bits per heavy atom. The summed E-state index contributed by atoms with van der Waals surface area (Å²) >= 11 is 0. The molecular weight excluding hydrogens is 434 g/mol. The summed E-state index contributed by atoms with van der Waals surface area (Å²) in [7, 11) is 0. The maximum atomic E-state index is 12.6. The van der Waals surface area contributed by atoms with E-state index in [-0.39, 0.29) is 44.0 Å². The van der Waals surface area contributed by atoms with Gasteiger partial charge in [0, 0.05) is 25.2 Å². The fourth-order valence-electron chi connectivity index (χ4n) is 2.69. The van der Waals surface area contributed by atoms with E-state index < -0.39 is 30.2 Å². The Bertz CT molecular complexity index is 758. The molecule has 0 saturated heterocycles. The lowest BCUT2D eigenvalue weighted by atomic mass is 10.1. The highest BCUT2D eigenvalue weighted by Gasteiger charge is 2.24. The van der Waals surface area contributed by atoms with Gasteiger partial charge in [-0.2, -0.15) is 0 Å². The third kappa shape index (κ3) is 10.5. The zero-order valence-corrected chi connectivity index (χ0v) is 19.6. The van der Waals surface area contributed by atoms with Crippen LogP contribution in [0.4, 0.5) is 0 Å². The number of hydrogen-bond donors (Lipinski definition) is 1. The number of hydrogen-bond acceptors (Lipinski definition) is 9. The van der Waals surface area contributed by atoms with E-state index in [1.54, 1.807) is 27.7 Å². The standard InChI is InChI=1S/C23H33NO9/c1-5-29-20(26)14-13-18(22(28)30-6-2)24-21(27)16-9-11-17(12-10-16)33-15-19(25)23(31-7-3)32-8-4/h9-12,18,23H,5-8,13-15H2,1-4H3,(H,24,27)/t18-/m1/s1. The lowest BCUT2D eigenvalue weighted by Crippen LogP contribution is -2.42. The predicted molar refractivity (Wildman–Crippen MR) is 118 cm³/mol. The molecule has 0 saturated carbocycles. The summed E-state index contributed by atoms with van der Waals surface area (Å²) in [5, 5.41) is 2.58. The quantitative estimate of drug-likeness (QED) is 0.287. The van der Waals surface area contributed by atoms with E-state index >= 15 is 0 Å². The third-order valence-electron chi connectivity index (χ3n) is 4.22. The first kappa shape index (κ1) is 28.1. The molecule has 184 valence electrons. The molecule has 10 nitrogen and oxygen atoms in total. The number of carbonyl (C=O) groups is 4. The van der Waals surface area contributed by atoms with Crippen LogP contribution in [0.3, 0.4) is 0 Å². The van der Waals surface area contributed by atoms with Crippen molar-refractivity contribution in [2.75, 3.05) is 33.0 Å². The Balaban J connectivity index is 2.70. The maximum Gasteiger partial charge on any atom is 0.328 e. The highest BCUT2D eigenvalue weighted by molar-refractivity contribution is 5.97. The molecule has 10 heteroatoms. The van der Waals surface area contributed by atoms with Crippen molar-refractivity contribution in [1.82, 2.24) is 5.32 Å². The van der Waals surface area contributed by atoms with E-state index in [1.165, 1.54) is 24.3 Å². The first-order valence-electron chi connectivity index (χ1n) is 11.0. The van der Waals surface area contributed by atoms with Gasteiger partial charge in [-0.1, -0.05) is 0 Å². The fraction of sp³-hybridized carbons (Fsp3) is 0.565. The molecule has 0 bridgehead atoms. The molecule has 1 amide bonds. The number of Topliss-reactive ketones (excluding diaryl/α,β-unsaturated/α-hetero) is 1. The van der Waals surface area contributed by atoms with Gasteiger partial charge in [0.2, 0.25) is 12.1 Å². The predicted octanol–water partition coefficient (Wildman–Crippen LogP) is 2.04. The van der Waals surface area contributed by atoms with Gasteiger partial charge in [-0.05, 0) is 58.4 Å². The van der Waals surface area contributed by atoms with E-state index in [0.29, 0.717) is 19.0 Å². The first-order chi connectivity index (χ1) is 15.9. The van der Waals surface area contributed by atoms with Crippen LogP contribution in [0.1, 0.15) is 50.9 Å². The second kappa shape index (κ2) is 15.8. The van der Waals surface area contributed by atoms with Crippen LogP contribution >= 0.6 is 0 Å². The average Bonchev–Trinajstić information content (AvgIpc) is 2.80. The zero-order chi connectivity index (χ0) is 24.6. The van der Waals surface area contributed by atoms with E-state index in [0.717, 1.165) is 0 Å². The number of ketones is 1. The van der Waals surface area contributed by atoms with Crippen molar-refractivity contribution < 1.29 is 42.9 Å². The smallest absolute Gasteiger partial charge is 0.328 e. The molecule has 0 aliphatic carbocycles. The summed E-state index contributed by atoms with van der Waals surface area (Å²) in [4.78, 5) is 48.5. The molecule has 33 heavy (non-hydrogen) atoms. The minimum atomic E-state index is -0.996.